The summed E-state index contributed by atoms with van der Waals surface area (Å²) in [4.78, 5) is 17.4. The Morgan fingerprint density at radius 2 is 1.07 bits per heavy atom. The highest BCUT2D eigenvalue weighted by atomic mass is 32.0. The van der Waals surface area contributed by atoms with Gasteiger partial charge >= 0.3 is 0 Å². The van der Waals surface area contributed by atoms with Crippen LogP contribution >= 0.6 is 17.8 Å². The largest absolute Gasteiger partial charge is 0.508 e. The van der Waals surface area contributed by atoms with E-state index in [9.17, 15) is 4.79 Å². The molecule has 7 aromatic carbocycles. The van der Waals surface area contributed by atoms with Gasteiger partial charge in [0.25, 0.3) is 11.4 Å². The molecule has 0 fully saturated rings. The SMILES string of the molecule is C.CC.CCCCCCn1ncc(N)c1N.CN1CCOc2cc(N)ccc21.COCc1cc(N)ccc1N.Cc1c(N)c(=O)n2n1CCC2.Cc1cc(N)c(C(CO)CO)cc1N.Nc1c(OCCO)nn2ccccc12.Nc1ccc(N(CCO)CCO)cc1.Nc1ccc(N)cc1.Nc1ccc(NCCN(CCO)CCO)cc1.Nc1ccc(O)cc1.Nc1cnn(CCO)c1N.[2H]PP. The number of likely N-dealkylation sites (N-methyl/N-ethyl adjacent to an activating group) is 1. The Labute approximate surface area is 810 Å². The summed E-state index contributed by atoms with van der Waals surface area (Å²) in [5, 5.41) is 94.4. The fourth-order valence-corrected chi connectivity index (χ4v) is 12.3. The molecular formula is C94H156N28O13P2. The zero-order valence-electron chi connectivity index (χ0n) is 80.4. The molecule has 0 amide bonds. The van der Waals surface area contributed by atoms with E-state index in [0.717, 1.165) is 132 Å². The number of aryl methyl sites for hydroxylation is 2. The van der Waals surface area contributed by atoms with Gasteiger partial charge < -0.3 is 167 Å². The molecule has 7 heterocycles. The third-order valence-corrected chi connectivity index (χ3v) is 19.7. The van der Waals surface area contributed by atoms with Crippen molar-refractivity contribution in [1.82, 2.24) is 43.4 Å². The molecule has 0 saturated carbocycles. The normalized spacial score (nSPS) is 11.0. The predicted molar refractivity (Wildman–Crippen MR) is 573 cm³/mol. The van der Waals surface area contributed by atoms with Crippen LogP contribution in [-0.2, 0) is 37.5 Å². The Morgan fingerprint density at radius 3 is 1.55 bits per heavy atom. The average Bonchev–Trinajstić information content (AvgIpc) is 1.64. The summed E-state index contributed by atoms with van der Waals surface area (Å²) in [7, 11) is 6.20. The van der Waals surface area contributed by atoms with Crippen molar-refractivity contribution in [3.8, 4) is 17.4 Å². The number of phenols is 1. The van der Waals surface area contributed by atoms with Gasteiger partial charge in [0.2, 0.25) is 0 Å². The Hall–Kier alpha value is -13.3. The number of anilines is 19. The Kier molecular flexibility index (Phi) is 60.8. The Morgan fingerprint density at radius 1 is 0.555 bits per heavy atom. The van der Waals surface area contributed by atoms with Crippen LogP contribution in [0.2, 0.25) is 0 Å². The lowest BCUT2D eigenvalue weighted by molar-refractivity contribution is 0.165. The molecule has 760 valence electrons. The van der Waals surface area contributed by atoms with E-state index in [1.165, 1.54) is 30.1 Å². The lowest BCUT2D eigenvalue weighted by Gasteiger charge is -2.27. The van der Waals surface area contributed by atoms with Gasteiger partial charge in [0, 0.05) is 165 Å². The number of hydrogen-bond acceptors (Lipinski definition) is 36. The van der Waals surface area contributed by atoms with Crippen LogP contribution in [0.25, 0.3) is 5.52 Å². The standard InChI is InChI=1S/C12H21N3O2.2C10H16N2O2.C9H18N4.C9H11N3O2.C9H12N2O.C8H12N2O.C7H11N3O.C6H8N2.C6H7NO.C5H10N4O.C2H6.CH4.H4P2/c13-11-1-3-12(4-2-11)14-5-6-15(7-9-16)8-10-17;1-6-2-10(12)8(3-9(6)11)7(4-13)5-14;11-9-1-3-10(4-2-9)12(5-7-13)6-8-14;1-2-3-4-5-6-13-9(11)8(10)7-12-13;10-8-7-3-1-2-4-12(7)11-9(8)14-6-5-13;1-11-4-5-12-9-6-7(10)2-3-8(9)11;1-11-5-6-4-7(9)2-3-8(6)10;1-5-6(8)7(11)10-4-2-3-9(5)10;7-5-1-2-6(8)4-3-5;7-5-1-3-6(8)4-2-5;6-4-3-8-9(1-2-10)5(4)7;1-2;;1-2/h1-4,14,16-17H,5-10,13H2;2-3,7,13-14H,4-5,11-12H2,1H3;1-4,13-14H,5-8,11H2;7H,2-6,10-11H2,1H3;1-4,13H,5-6,10H2;2-3,6H,4-5,10H2,1H3;2-4H,5,9-10H2,1H3;2-4,8H2,1H3;1-4H,7-8H2;1-4,8H,7H2;3,10H,1-2,6-7H2;1-2H3;1H4;1-2H2/i;;;;;;;;;;;;;1D. The van der Waals surface area contributed by atoms with Gasteiger partial charge in [-0.05, 0) is 189 Å². The van der Waals surface area contributed by atoms with Crippen molar-refractivity contribution in [2.45, 2.75) is 113 Å². The topological polar surface area (TPSA) is 728 Å². The molecule has 0 saturated heterocycles. The number of nitrogens with two attached hydrogens (primary N) is 16. The van der Waals surface area contributed by atoms with E-state index < -0.39 is 0 Å². The van der Waals surface area contributed by atoms with Crippen LogP contribution in [-0.4, -0.2) is 217 Å². The van der Waals surface area contributed by atoms with Crippen LogP contribution in [0.15, 0.2) is 187 Å². The molecule has 14 rings (SSSR count). The third-order valence-electron chi connectivity index (χ3n) is 19.7. The number of pyridine rings is 1. The molecule has 43 heteroatoms. The number of benzene rings is 7. The zero-order valence-corrected chi connectivity index (χ0v) is 81.5. The maximum Gasteiger partial charge on any atom is 0.290 e. The molecule has 12 aromatic rings. The molecular weight excluding hydrogens is 1790 g/mol. The third kappa shape index (κ3) is 44.8. The summed E-state index contributed by atoms with van der Waals surface area (Å²) < 4.78 is 30.3. The molecule has 0 spiro atoms. The first kappa shape index (κ1) is 120. The van der Waals surface area contributed by atoms with Crippen LogP contribution in [0.5, 0.6) is 17.4 Å². The highest BCUT2D eigenvalue weighted by Crippen LogP contribution is 2.33. The lowest BCUT2D eigenvalue weighted by atomic mass is 9.96. The van der Waals surface area contributed by atoms with Crippen molar-refractivity contribution in [3.63, 3.8) is 0 Å². The second-order valence-corrected chi connectivity index (χ2v) is 29.8. The summed E-state index contributed by atoms with van der Waals surface area (Å²) in [5.41, 5.74) is 105. The second-order valence-electron chi connectivity index (χ2n) is 29.8. The minimum Gasteiger partial charge on any atom is -0.508 e. The van der Waals surface area contributed by atoms with Gasteiger partial charge in [0.1, 0.15) is 47.7 Å². The van der Waals surface area contributed by atoms with Crippen molar-refractivity contribution in [1.29, 1.82) is 1.28 Å². The minimum atomic E-state index is -0.349. The highest BCUT2D eigenvalue weighted by Gasteiger charge is 2.19. The van der Waals surface area contributed by atoms with Crippen LogP contribution in [0.1, 0.15) is 88.6 Å². The Bertz CT molecular complexity index is 5200. The summed E-state index contributed by atoms with van der Waals surface area (Å²) >= 11 is 0. The molecule has 2 aliphatic rings. The van der Waals surface area contributed by atoms with E-state index in [0.29, 0.717) is 114 Å². The first-order valence-electron chi connectivity index (χ1n) is 44.6. The van der Waals surface area contributed by atoms with Crippen LogP contribution in [0.4, 0.5) is 108 Å². The highest BCUT2D eigenvalue weighted by molar-refractivity contribution is 7.92. The van der Waals surface area contributed by atoms with Crippen LogP contribution in [0.3, 0.4) is 0 Å². The van der Waals surface area contributed by atoms with Gasteiger partial charge in [0.05, 0.1) is 114 Å². The number of aliphatic hydroxyl groups excluding tert-OH is 8. The van der Waals surface area contributed by atoms with Gasteiger partial charge in [-0.15, -0.1) is 22.9 Å². The molecule has 42 N–H and O–H groups in total. The summed E-state index contributed by atoms with van der Waals surface area (Å²) in [6.45, 7) is 19.2. The number of unbranched alkanes of at least 4 members (excludes halogenated alkanes) is 3. The number of hydrogen-bond donors (Lipinski definition) is 26. The number of methoxy groups -OCH3 is 1. The molecule has 2 aliphatic heterocycles. The van der Waals surface area contributed by atoms with Gasteiger partial charge in [-0.2, -0.15) is 10.2 Å². The van der Waals surface area contributed by atoms with Gasteiger partial charge in [-0.25, -0.2) is 18.6 Å². The van der Waals surface area contributed by atoms with Crippen molar-refractivity contribution in [3.05, 3.63) is 215 Å². The lowest BCUT2D eigenvalue weighted by Crippen LogP contribution is -2.34. The van der Waals surface area contributed by atoms with E-state index in [-0.39, 0.29) is 93.0 Å². The second kappa shape index (κ2) is 69.5. The number of fused-ring (bicyclic) bond motifs is 3. The number of ether oxygens (including phenoxy) is 3. The first-order chi connectivity index (χ1) is 65.7. The van der Waals surface area contributed by atoms with Gasteiger partial charge in [0.15, 0.2) is 0 Å². The van der Waals surface area contributed by atoms with Gasteiger partial charge in [-0.1, -0.05) is 53.5 Å². The number of nitrogens with one attached hydrogen (secondary N) is 1. The molecule has 0 bridgehead atoms. The number of aromatic nitrogens is 8. The number of nitrogens with zero attached hydrogens (tertiary/aromatic N) is 11. The number of aliphatic hydroxyl groups is 8. The maximum atomic E-state index is 11.3. The summed E-state index contributed by atoms with van der Waals surface area (Å²) in [5.74, 6) is 2.16. The molecule has 137 heavy (non-hydrogen) atoms. The summed E-state index contributed by atoms with van der Waals surface area (Å²) in [6.07, 6.45) is 10.8. The molecule has 41 nitrogen and oxygen atoms in total. The van der Waals surface area contributed by atoms with E-state index in [2.05, 4.69) is 48.4 Å². The van der Waals surface area contributed by atoms with Crippen molar-refractivity contribution in [2.24, 2.45) is 0 Å². The fraction of sp³-hybridized carbons (Fsp3) is 0.383. The van der Waals surface area contributed by atoms with E-state index >= 15 is 0 Å². The number of phenolic OH excluding ortho intramolecular Hbond substituents is 1. The molecule has 2 atom stereocenters. The van der Waals surface area contributed by atoms with Gasteiger partial charge in [-0.3, -0.25) is 14.4 Å². The number of aromatic hydroxyl groups is 1. The van der Waals surface area contributed by atoms with Crippen molar-refractivity contribution >= 4 is 132 Å². The predicted octanol–water partition coefficient (Wildman–Crippen LogP) is 7.39. The average molecular weight is 1950 g/mol. The van der Waals surface area contributed by atoms with E-state index in [1.807, 2.05) is 121 Å². The molecule has 0 radical (unpaired) electrons. The van der Waals surface area contributed by atoms with E-state index in [1.54, 1.807) is 118 Å². The smallest absolute Gasteiger partial charge is 0.290 e. The Balaban J connectivity index is 0.000000758. The molecule has 5 aromatic heterocycles. The molecule has 0 aliphatic carbocycles. The monoisotopic (exact) mass is 1950 g/mol. The minimum absolute atomic E-state index is 0. The molecule has 2 unspecified atom stereocenters. The van der Waals surface area contributed by atoms with Crippen molar-refractivity contribution < 1.29 is 60.2 Å². The maximum absolute atomic E-state index is 11.3. The fourth-order valence-electron chi connectivity index (χ4n) is 12.3. The zero-order chi connectivity index (χ0) is 102. The quantitative estimate of drug-likeness (QED) is 0.00983. The number of nitrogen functional groups attached to an aromatic ring is 16. The van der Waals surface area contributed by atoms with E-state index in [4.69, 9.17) is 153 Å². The van der Waals surface area contributed by atoms with Crippen molar-refractivity contribution in [2.75, 3.05) is 233 Å². The number of rotatable bonds is 28. The van der Waals surface area contributed by atoms with Crippen LogP contribution in [0, 0.1) is 13.8 Å². The first-order valence-corrected chi connectivity index (χ1v) is 46.4. The summed E-state index contributed by atoms with van der Waals surface area (Å²) in [6, 6.07) is 48.6. The van der Waals surface area contributed by atoms with Crippen LogP contribution < -0.4 is 122 Å².